The second kappa shape index (κ2) is 16.0. The predicted octanol–water partition coefficient (Wildman–Crippen LogP) is 5.57. The minimum Gasteiger partial charge on any atom is -0.508 e. The van der Waals surface area contributed by atoms with E-state index in [1.807, 2.05) is 41.5 Å². The van der Waals surface area contributed by atoms with Gasteiger partial charge in [0.15, 0.2) is 0 Å². The average Bonchev–Trinajstić information content (AvgIpc) is 2.88. The van der Waals surface area contributed by atoms with Gasteiger partial charge in [-0.1, -0.05) is 6.92 Å². The summed E-state index contributed by atoms with van der Waals surface area (Å²) in [5, 5.41) is 29.8. The Morgan fingerprint density at radius 2 is 1.23 bits per heavy atom. The van der Waals surface area contributed by atoms with Gasteiger partial charge < -0.3 is 40.6 Å². The zero-order valence-corrected chi connectivity index (χ0v) is 27.9. The first-order valence-electron chi connectivity index (χ1n) is 15.0. The Hall–Kier alpha value is -5.02. The van der Waals surface area contributed by atoms with Crippen LogP contribution in [0.4, 0.5) is 32.3 Å². The fraction of sp³-hybridized carbons (Fsp3) is 0.548. The average molecular weight is 663 g/mol. The molecule has 0 aliphatic carbocycles. The minimum atomic E-state index is -0.644. The number of hydrogen-bond acceptors (Lipinski definition) is 12. The van der Waals surface area contributed by atoms with E-state index < -0.39 is 15.4 Å². The first kappa shape index (κ1) is 38.2. The number of benzene rings is 2. The van der Waals surface area contributed by atoms with Crippen LogP contribution in [0.15, 0.2) is 36.4 Å². The van der Waals surface area contributed by atoms with Gasteiger partial charge in [0.1, 0.15) is 34.1 Å². The van der Waals surface area contributed by atoms with Crippen molar-refractivity contribution in [2.75, 3.05) is 44.3 Å². The van der Waals surface area contributed by atoms with Crippen molar-refractivity contribution in [2.45, 2.75) is 66.1 Å². The van der Waals surface area contributed by atoms with Gasteiger partial charge in [-0.3, -0.25) is 20.2 Å². The zero-order chi connectivity index (χ0) is 35.7. The number of amides is 2. The number of hydrogen-bond donors (Lipinski definition) is 3. The molecule has 0 spiro atoms. The van der Waals surface area contributed by atoms with Crippen LogP contribution in [0.1, 0.15) is 54.9 Å². The predicted molar refractivity (Wildman–Crippen MR) is 175 cm³/mol. The van der Waals surface area contributed by atoms with E-state index in [1.54, 1.807) is 15.9 Å². The summed E-state index contributed by atoms with van der Waals surface area (Å²) in [6.45, 7) is 16.5. The molecular weight excluding hydrogens is 616 g/mol. The number of nitro benzene ring substituents is 2. The third-order valence-corrected chi connectivity index (χ3v) is 6.69. The molecule has 5 N–H and O–H groups in total. The van der Waals surface area contributed by atoms with Crippen molar-refractivity contribution in [1.29, 1.82) is 0 Å². The Balaban J connectivity index is 0.000000270. The molecule has 16 heteroatoms. The number of rotatable bonds is 6. The number of carbonyl (C=O) groups excluding carboxylic acids is 2. The third kappa shape index (κ3) is 12.7. The van der Waals surface area contributed by atoms with Crippen molar-refractivity contribution in [3.05, 3.63) is 56.6 Å². The number of nitro groups is 2. The highest BCUT2D eigenvalue weighted by Crippen LogP contribution is 2.28. The number of carbonyl (C=O) groups is 2. The summed E-state index contributed by atoms with van der Waals surface area (Å²) in [7, 11) is 0. The van der Waals surface area contributed by atoms with Gasteiger partial charge >= 0.3 is 12.2 Å². The fourth-order valence-corrected chi connectivity index (χ4v) is 4.13. The van der Waals surface area contributed by atoms with Gasteiger partial charge in [-0.15, -0.1) is 0 Å². The second-order valence-corrected chi connectivity index (χ2v) is 13.2. The minimum absolute atomic E-state index is 0.0489. The Morgan fingerprint density at radius 1 is 0.809 bits per heavy atom. The van der Waals surface area contributed by atoms with Crippen LogP contribution in [0, 0.1) is 32.1 Å². The maximum absolute atomic E-state index is 11.8. The smallest absolute Gasteiger partial charge is 0.410 e. The van der Waals surface area contributed by atoms with Crippen LogP contribution in [0.25, 0.3) is 0 Å². The molecule has 0 bridgehead atoms. The van der Waals surface area contributed by atoms with Crippen molar-refractivity contribution in [3.8, 4) is 11.5 Å². The lowest BCUT2D eigenvalue weighted by Crippen LogP contribution is -2.53. The fourth-order valence-electron chi connectivity index (χ4n) is 4.13. The van der Waals surface area contributed by atoms with Crippen molar-refractivity contribution >= 4 is 34.9 Å². The van der Waals surface area contributed by atoms with Crippen molar-refractivity contribution in [1.82, 2.24) is 9.80 Å². The van der Waals surface area contributed by atoms with E-state index in [4.69, 9.17) is 30.8 Å². The summed E-state index contributed by atoms with van der Waals surface area (Å²) in [6.07, 6.45) is 0.647. The van der Waals surface area contributed by atoms with E-state index in [0.717, 1.165) is 25.6 Å². The molecule has 2 aromatic carbocycles. The molecule has 260 valence electrons. The van der Waals surface area contributed by atoms with Gasteiger partial charge in [0.25, 0.3) is 11.4 Å². The van der Waals surface area contributed by atoms with Crippen LogP contribution in [0.5, 0.6) is 11.5 Å². The van der Waals surface area contributed by atoms with Crippen LogP contribution in [-0.2, 0) is 9.47 Å². The quantitative estimate of drug-likeness (QED) is 0.149. The first-order valence-corrected chi connectivity index (χ1v) is 15.0. The van der Waals surface area contributed by atoms with E-state index >= 15 is 0 Å². The Bertz CT molecular complexity index is 1410. The SMILES string of the molecule is CC(C)(C)OC(=O)N1CC(COc2ccc(N)c([N+](=O)[O-])c2)C1.CCC1CN(C(=O)OC(C)(C)C)C1.Nc1ccc(O)cc1[N+](=O)[O-]. The molecule has 0 unspecified atom stereocenters. The van der Waals surface area contributed by atoms with Gasteiger partial charge in [-0.2, -0.15) is 0 Å². The maximum atomic E-state index is 11.8. The van der Waals surface area contributed by atoms with Crippen LogP contribution < -0.4 is 16.2 Å². The zero-order valence-electron chi connectivity index (χ0n) is 27.9. The largest absolute Gasteiger partial charge is 0.508 e. The summed E-state index contributed by atoms with van der Waals surface area (Å²) in [5.41, 5.74) is 9.59. The number of phenols is 1. The Kier molecular flexibility index (Phi) is 13.0. The van der Waals surface area contributed by atoms with Crippen molar-refractivity contribution < 1.29 is 38.8 Å². The topological polar surface area (TPSA) is 227 Å². The van der Waals surface area contributed by atoms with Crippen LogP contribution in [0.2, 0.25) is 0 Å². The summed E-state index contributed by atoms with van der Waals surface area (Å²) in [5.74, 6) is 1.10. The highest BCUT2D eigenvalue weighted by molar-refractivity contribution is 5.69. The molecule has 0 aromatic heterocycles. The molecule has 2 saturated heterocycles. The molecular formula is C31H46N6O10. The van der Waals surface area contributed by atoms with Gasteiger partial charge in [0.2, 0.25) is 0 Å². The third-order valence-electron chi connectivity index (χ3n) is 6.69. The number of nitrogens with two attached hydrogens (primary N) is 2. The maximum Gasteiger partial charge on any atom is 0.410 e. The summed E-state index contributed by atoms with van der Waals surface area (Å²) < 4.78 is 16.0. The highest BCUT2D eigenvalue weighted by Gasteiger charge is 2.34. The number of ether oxygens (including phenoxy) is 3. The highest BCUT2D eigenvalue weighted by atomic mass is 16.6. The molecule has 0 saturated carbocycles. The van der Waals surface area contributed by atoms with Crippen molar-refractivity contribution in [3.63, 3.8) is 0 Å². The normalized spacial score (nSPS) is 14.6. The Morgan fingerprint density at radius 3 is 1.64 bits per heavy atom. The Labute approximate surface area is 273 Å². The number of likely N-dealkylation sites (tertiary alicyclic amines) is 2. The molecule has 16 nitrogen and oxygen atoms in total. The van der Waals surface area contributed by atoms with E-state index in [-0.39, 0.29) is 52.2 Å². The van der Waals surface area contributed by atoms with Crippen LogP contribution in [0.3, 0.4) is 0 Å². The van der Waals surface area contributed by atoms with Gasteiger partial charge in [-0.05, 0) is 78.1 Å². The number of nitrogen functional groups attached to an aromatic ring is 2. The molecule has 2 fully saturated rings. The van der Waals surface area contributed by atoms with E-state index in [1.165, 1.54) is 24.3 Å². The summed E-state index contributed by atoms with van der Waals surface area (Å²) in [6, 6.07) is 7.93. The molecule has 2 amide bonds. The first-order chi connectivity index (χ1) is 21.7. The van der Waals surface area contributed by atoms with Gasteiger partial charge in [-0.25, -0.2) is 9.59 Å². The molecule has 4 rings (SSSR count). The van der Waals surface area contributed by atoms with Gasteiger partial charge in [0.05, 0.1) is 28.6 Å². The number of anilines is 2. The van der Waals surface area contributed by atoms with Crippen LogP contribution in [-0.4, -0.2) is 80.9 Å². The van der Waals surface area contributed by atoms with E-state index in [9.17, 15) is 29.8 Å². The monoisotopic (exact) mass is 662 g/mol. The molecule has 0 radical (unpaired) electrons. The second-order valence-electron chi connectivity index (χ2n) is 13.2. The standard InChI is InChI=1S/C15H21N3O5.C10H19NO2.C6H6N2O3/c1-15(2,3)23-14(19)17-7-10(8-17)9-22-11-4-5-12(16)13(6-11)18(20)21;1-5-8-6-11(7-8)9(12)13-10(2,3)4;7-5-2-1-4(9)3-6(5)8(10)11/h4-6,10H,7-9,16H2,1-3H3;8H,5-7H2,1-4H3;1-3,9H,7H2. The summed E-state index contributed by atoms with van der Waals surface area (Å²) in [4.78, 5) is 46.4. The van der Waals surface area contributed by atoms with Crippen molar-refractivity contribution in [2.24, 2.45) is 11.8 Å². The lowest BCUT2D eigenvalue weighted by Gasteiger charge is -2.39. The number of phenolic OH excluding ortho intramolecular Hbond substituents is 1. The van der Waals surface area contributed by atoms with E-state index in [2.05, 4.69) is 6.92 Å². The lowest BCUT2D eigenvalue weighted by atomic mass is 9.98. The lowest BCUT2D eigenvalue weighted by molar-refractivity contribution is -0.384. The number of nitrogens with zero attached hydrogens (tertiary/aromatic N) is 4. The molecule has 2 aliphatic heterocycles. The number of aromatic hydroxyl groups is 1. The van der Waals surface area contributed by atoms with Crippen LogP contribution >= 0.6 is 0 Å². The molecule has 47 heavy (non-hydrogen) atoms. The molecule has 0 atom stereocenters. The summed E-state index contributed by atoms with van der Waals surface area (Å²) >= 11 is 0. The molecule has 2 aromatic rings. The molecule has 2 heterocycles. The van der Waals surface area contributed by atoms with Gasteiger partial charge in [0, 0.05) is 32.1 Å². The molecule has 2 aliphatic rings. The van der Waals surface area contributed by atoms with E-state index in [0.29, 0.717) is 31.4 Å².